The number of hydrogen-bond acceptors (Lipinski definition) is 6. The molecule has 0 bridgehead atoms. The van der Waals surface area contributed by atoms with Crippen molar-refractivity contribution in [3.05, 3.63) is 24.5 Å². The van der Waals surface area contributed by atoms with Crippen LogP contribution in [0.3, 0.4) is 0 Å². The van der Waals surface area contributed by atoms with E-state index in [1.165, 1.54) is 29.9 Å². The second kappa shape index (κ2) is 9.14. The van der Waals surface area contributed by atoms with Crippen molar-refractivity contribution in [3.63, 3.8) is 0 Å². The molecule has 27 heavy (non-hydrogen) atoms. The molecule has 0 radical (unpaired) electrons. The lowest BCUT2D eigenvalue weighted by Gasteiger charge is -2.36. The van der Waals surface area contributed by atoms with Crippen molar-refractivity contribution >= 4 is 22.0 Å². The van der Waals surface area contributed by atoms with Crippen molar-refractivity contribution in [1.29, 1.82) is 0 Å². The number of nitrogens with one attached hydrogen (secondary N) is 1. The van der Waals surface area contributed by atoms with Crippen LogP contribution in [0, 0.1) is 5.92 Å². The minimum absolute atomic E-state index is 0.134. The van der Waals surface area contributed by atoms with E-state index in [-0.39, 0.29) is 42.9 Å². The molecule has 0 aliphatic carbocycles. The SMILES string of the molecule is COC(=O)NC(CC(C)C)C(=O)N1CCN(S(=O)(=O)c2cccnc2)CC1. The third-order valence-corrected chi connectivity index (χ3v) is 6.19. The Morgan fingerprint density at radius 2 is 1.93 bits per heavy atom. The number of aromatic nitrogens is 1. The number of hydrogen-bond donors (Lipinski definition) is 1. The summed E-state index contributed by atoms with van der Waals surface area (Å²) in [6.07, 6.45) is 2.64. The fourth-order valence-corrected chi connectivity index (χ4v) is 4.30. The third-order valence-electron chi connectivity index (χ3n) is 4.31. The van der Waals surface area contributed by atoms with Gasteiger partial charge in [-0.3, -0.25) is 9.78 Å². The summed E-state index contributed by atoms with van der Waals surface area (Å²) in [5.74, 6) is -0.0316. The maximum Gasteiger partial charge on any atom is 0.407 e. The lowest BCUT2D eigenvalue weighted by atomic mass is 10.0. The van der Waals surface area contributed by atoms with Gasteiger partial charge in [-0.2, -0.15) is 4.31 Å². The molecule has 1 N–H and O–H groups in total. The fraction of sp³-hybridized carbons (Fsp3) is 0.588. The number of piperazine rings is 1. The normalized spacial score (nSPS) is 16.8. The fourth-order valence-electron chi connectivity index (χ4n) is 2.91. The largest absolute Gasteiger partial charge is 0.453 e. The number of amides is 2. The Morgan fingerprint density at radius 3 is 2.44 bits per heavy atom. The predicted molar refractivity (Wildman–Crippen MR) is 98.4 cm³/mol. The third kappa shape index (κ3) is 5.39. The zero-order chi connectivity index (χ0) is 20.0. The van der Waals surface area contributed by atoms with Crippen LogP contribution in [0.15, 0.2) is 29.4 Å². The lowest BCUT2D eigenvalue weighted by molar-refractivity contribution is -0.135. The Balaban J connectivity index is 2.02. The van der Waals surface area contributed by atoms with Gasteiger partial charge in [0, 0.05) is 38.6 Å². The standard InChI is InChI=1S/C17H26N4O5S/c1-13(2)11-15(19-17(23)26-3)16(22)20-7-9-21(10-8-20)27(24,25)14-5-4-6-18-12-14/h4-6,12-13,15H,7-11H2,1-3H3,(H,19,23). The van der Waals surface area contributed by atoms with Gasteiger partial charge in [-0.15, -0.1) is 0 Å². The summed E-state index contributed by atoms with van der Waals surface area (Å²) in [7, 11) is -2.39. The Labute approximate surface area is 159 Å². The van der Waals surface area contributed by atoms with Gasteiger partial charge >= 0.3 is 6.09 Å². The molecule has 1 aromatic rings. The van der Waals surface area contributed by atoms with Gasteiger partial charge < -0.3 is 15.0 Å². The maximum atomic E-state index is 12.8. The van der Waals surface area contributed by atoms with Crippen LogP contribution >= 0.6 is 0 Å². The second-order valence-electron chi connectivity index (χ2n) is 6.74. The molecule has 1 aromatic heterocycles. The predicted octanol–water partition coefficient (Wildman–Crippen LogP) is 0.685. The van der Waals surface area contributed by atoms with Gasteiger partial charge in [-0.25, -0.2) is 13.2 Å². The first kappa shape index (κ1) is 21.1. The van der Waals surface area contributed by atoms with Crippen molar-refractivity contribution in [2.75, 3.05) is 33.3 Å². The van der Waals surface area contributed by atoms with Crippen LogP contribution in [0.1, 0.15) is 20.3 Å². The molecule has 0 spiro atoms. The molecular formula is C17H26N4O5S. The number of carbonyl (C=O) groups is 2. The molecule has 0 saturated carbocycles. The average Bonchev–Trinajstić information content (AvgIpc) is 2.67. The first-order chi connectivity index (χ1) is 12.8. The number of carbonyl (C=O) groups excluding carboxylic acids is 2. The Kier molecular flexibility index (Phi) is 7.14. The summed E-state index contributed by atoms with van der Waals surface area (Å²) in [4.78, 5) is 29.9. The number of nitrogens with zero attached hydrogens (tertiary/aromatic N) is 3. The highest BCUT2D eigenvalue weighted by Gasteiger charge is 2.33. The zero-order valence-electron chi connectivity index (χ0n) is 15.8. The van der Waals surface area contributed by atoms with E-state index in [0.29, 0.717) is 6.42 Å². The number of pyridine rings is 1. The van der Waals surface area contributed by atoms with Crippen molar-refractivity contribution in [2.24, 2.45) is 5.92 Å². The van der Waals surface area contributed by atoms with Gasteiger partial charge in [-0.1, -0.05) is 13.8 Å². The van der Waals surface area contributed by atoms with Crippen molar-refractivity contribution in [1.82, 2.24) is 19.5 Å². The first-order valence-corrected chi connectivity index (χ1v) is 10.2. The van der Waals surface area contributed by atoms with E-state index >= 15 is 0 Å². The summed E-state index contributed by atoms with van der Waals surface area (Å²) in [5, 5.41) is 2.57. The average molecular weight is 398 g/mol. The number of sulfonamides is 1. The number of rotatable bonds is 6. The molecule has 10 heteroatoms. The van der Waals surface area contributed by atoms with Crippen LogP contribution < -0.4 is 5.32 Å². The molecular weight excluding hydrogens is 372 g/mol. The zero-order valence-corrected chi connectivity index (χ0v) is 16.6. The molecule has 1 atom stereocenters. The molecule has 1 saturated heterocycles. The van der Waals surface area contributed by atoms with Crippen LogP contribution in [0.4, 0.5) is 4.79 Å². The Bertz CT molecular complexity index is 746. The van der Waals surface area contributed by atoms with Crippen molar-refractivity contribution in [3.8, 4) is 0 Å². The van der Waals surface area contributed by atoms with Gasteiger partial charge in [-0.05, 0) is 24.5 Å². The summed E-state index contributed by atoms with van der Waals surface area (Å²) >= 11 is 0. The molecule has 0 aromatic carbocycles. The summed E-state index contributed by atoms with van der Waals surface area (Å²) in [5.41, 5.74) is 0. The molecule has 2 amide bonds. The van der Waals surface area contributed by atoms with E-state index in [0.717, 1.165) is 0 Å². The molecule has 2 heterocycles. The number of alkyl carbamates (subject to hydrolysis) is 1. The van der Waals surface area contributed by atoms with Crippen molar-refractivity contribution in [2.45, 2.75) is 31.2 Å². The van der Waals surface area contributed by atoms with Gasteiger partial charge in [0.05, 0.1) is 7.11 Å². The van der Waals surface area contributed by atoms with E-state index in [4.69, 9.17) is 0 Å². The highest BCUT2D eigenvalue weighted by Crippen LogP contribution is 2.17. The Morgan fingerprint density at radius 1 is 1.26 bits per heavy atom. The minimum atomic E-state index is -3.63. The van der Waals surface area contributed by atoms with E-state index in [1.54, 1.807) is 11.0 Å². The topological polar surface area (TPSA) is 109 Å². The highest BCUT2D eigenvalue weighted by atomic mass is 32.2. The van der Waals surface area contributed by atoms with Crippen LogP contribution in [-0.2, 0) is 19.6 Å². The number of methoxy groups -OCH3 is 1. The second-order valence-corrected chi connectivity index (χ2v) is 8.67. The van der Waals surface area contributed by atoms with Gasteiger partial charge in [0.2, 0.25) is 15.9 Å². The van der Waals surface area contributed by atoms with Gasteiger partial charge in [0.1, 0.15) is 10.9 Å². The van der Waals surface area contributed by atoms with Gasteiger partial charge in [0.25, 0.3) is 0 Å². The van der Waals surface area contributed by atoms with E-state index in [2.05, 4.69) is 15.0 Å². The maximum absolute atomic E-state index is 12.8. The molecule has 1 aliphatic rings. The van der Waals surface area contributed by atoms with Gasteiger partial charge in [0.15, 0.2) is 0 Å². The molecule has 150 valence electrons. The summed E-state index contributed by atoms with van der Waals surface area (Å²) in [6.45, 7) is 4.81. The highest BCUT2D eigenvalue weighted by molar-refractivity contribution is 7.89. The molecule has 9 nitrogen and oxygen atoms in total. The molecule has 1 aliphatic heterocycles. The lowest BCUT2D eigenvalue weighted by Crippen LogP contribution is -2.56. The van der Waals surface area contributed by atoms with E-state index in [1.807, 2.05) is 13.8 Å². The summed E-state index contributed by atoms with van der Waals surface area (Å²) in [6, 6.07) is 2.37. The quantitative estimate of drug-likeness (QED) is 0.755. The molecule has 2 rings (SSSR count). The summed E-state index contributed by atoms with van der Waals surface area (Å²) < 4.78 is 31.2. The van der Waals surface area contributed by atoms with Crippen LogP contribution in [0.25, 0.3) is 0 Å². The monoisotopic (exact) mass is 398 g/mol. The van der Waals surface area contributed by atoms with E-state index < -0.39 is 22.2 Å². The minimum Gasteiger partial charge on any atom is -0.453 e. The van der Waals surface area contributed by atoms with Crippen LogP contribution in [-0.4, -0.2) is 73.9 Å². The van der Waals surface area contributed by atoms with Crippen molar-refractivity contribution < 1.29 is 22.7 Å². The number of ether oxygens (including phenoxy) is 1. The Hall–Kier alpha value is -2.20. The molecule has 1 unspecified atom stereocenters. The smallest absolute Gasteiger partial charge is 0.407 e. The van der Waals surface area contributed by atoms with Crippen LogP contribution in [0.5, 0.6) is 0 Å². The first-order valence-electron chi connectivity index (χ1n) is 8.79. The molecule has 1 fully saturated rings. The van der Waals surface area contributed by atoms with E-state index in [9.17, 15) is 18.0 Å². The van der Waals surface area contributed by atoms with Crippen LogP contribution in [0.2, 0.25) is 0 Å².